The number of hydrogen-bond donors (Lipinski definition) is 3. The molecular formula is C14H22N2O3. The zero-order chi connectivity index (χ0) is 14.3. The van der Waals surface area contributed by atoms with Crippen molar-refractivity contribution in [2.45, 2.75) is 38.8 Å². The molecule has 0 saturated heterocycles. The molecule has 1 aromatic rings. The van der Waals surface area contributed by atoms with Crippen LogP contribution in [0.25, 0.3) is 0 Å². The maximum atomic E-state index is 11.6. The van der Waals surface area contributed by atoms with E-state index in [0.717, 1.165) is 0 Å². The van der Waals surface area contributed by atoms with E-state index in [1.807, 2.05) is 6.92 Å². The number of anilines is 1. The molecule has 2 atom stereocenters. The van der Waals surface area contributed by atoms with E-state index in [0.29, 0.717) is 24.5 Å². The lowest BCUT2D eigenvalue weighted by Crippen LogP contribution is -2.35. The van der Waals surface area contributed by atoms with Crippen LogP contribution in [0.4, 0.5) is 5.69 Å². The lowest BCUT2D eigenvalue weighted by atomic mass is 10.1. The van der Waals surface area contributed by atoms with Crippen molar-refractivity contribution in [3.63, 3.8) is 0 Å². The van der Waals surface area contributed by atoms with Crippen LogP contribution in [-0.2, 0) is 4.79 Å². The SMILES string of the molecule is CC(O)CC(C)NC(=O)CCOc1cccc(N)c1. The molecule has 0 heterocycles. The Morgan fingerprint density at radius 1 is 1.47 bits per heavy atom. The monoisotopic (exact) mass is 266 g/mol. The first-order chi connectivity index (χ1) is 8.97. The highest BCUT2D eigenvalue weighted by atomic mass is 16.5. The van der Waals surface area contributed by atoms with Gasteiger partial charge in [0.1, 0.15) is 5.75 Å². The van der Waals surface area contributed by atoms with Gasteiger partial charge in [-0.3, -0.25) is 4.79 Å². The van der Waals surface area contributed by atoms with Crippen LogP contribution in [0.1, 0.15) is 26.7 Å². The predicted octanol–water partition coefficient (Wildman–Crippen LogP) is 1.31. The van der Waals surface area contributed by atoms with E-state index >= 15 is 0 Å². The minimum atomic E-state index is -0.418. The van der Waals surface area contributed by atoms with Gasteiger partial charge in [0, 0.05) is 17.8 Å². The molecule has 5 heteroatoms. The number of carbonyl (C=O) groups is 1. The average molecular weight is 266 g/mol. The van der Waals surface area contributed by atoms with Crippen LogP contribution >= 0.6 is 0 Å². The Labute approximate surface area is 113 Å². The summed E-state index contributed by atoms with van der Waals surface area (Å²) in [6.45, 7) is 3.87. The van der Waals surface area contributed by atoms with E-state index in [9.17, 15) is 9.90 Å². The predicted molar refractivity (Wildman–Crippen MR) is 74.9 cm³/mol. The van der Waals surface area contributed by atoms with Gasteiger partial charge in [0.25, 0.3) is 0 Å². The van der Waals surface area contributed by atoms with Gasteiger partial charge < -0.3 is 20.9 Å². The molecule has 0 aromatic heterocycles. The van der Waals surface area contributed by atoms with Gasteiger partial charge in [-0.15, -0.1) is 0 Å². The quantitative estimate of drug-likeness (QED) is 0.650. The lowest BCUT2D eigenvalue weighted by Gasteiger charge is -2.15. The highest BCUT2D eigenvalue weighted by molar-refractivity contribution is 5.76. The third-order valence-corrected chi connectivity index (χ3v) is 2.56. The normalized spacial score (nSPS) is 13.6. The third-order valence-electron chi connectivity index (χ3n) is 2.56. The number of nitrogens with one attached hydrogen (secondary N) is 1. The zero-order valence-corrected chi connectivity index (χ0v) is 11.4. The summed E-state index contributed by atoms with van der Waals surface area (Å²) in [6.07, 6.45) is 0.402. The summed E-state index contributed by atoms with van der Waals surface area (Å²) in [6, 6.07) is 7.05. The number of ether oxygens (including phenoxy) is 1. The van der Waals surface area contributed by atoms with Crippen molar-refractivity contribution in [2.75, 3.05) is 12.3 Å². The second-order valence-electron chi connectivity index (χ2n) is 4.72. The second-order valence-corrected chi connectivity index (χ2v) is 4.72. The van der Waals surface area contributed by atoms with E-state index in [1.165, 1.54) is 0 Å². The van der Waals surface area contributed by atoms with E-state index in [-0.39, 0.29) is 18.4 Å². The number of hydrogen-bond acceptors (Lipinski definition) is 4. The summed E-state index contributed by atoms with van der Waals surface area (Å²) >= 11 is 0. The number of aliphatic hydroxyl groups excluding tert-OH is 1. The zero-order valence-electron chi connectivity index (χ0n) is 11.4. The van der Waals surface area contributed by atoms with Gasteiger partial charge in [0.2, 0.25) is 5.91 Å². The van der Waals surface area contributed by atoms with E-state index < -0.39 is 6.10 Å². The molecule has 0 saturated carbocycles. The van der Waals surface area contributed by atoms with Gasteiger partial charge in [0.05, 0.1) is 19.1 Å². The Hall–Kier alpha value is -1.75. The summed E-state index contributed by atoms with van der Waals surface area (Å²) in [5.74, 6) is 0.571. The van der Waals surface area contributed by atoms with Crippen molar-refractivity contribution in [2.24, 2.45) is 0 Å². The van der Waals surface area contributed by atoms with Gasteiger partial charge in [0.15, 0.2) is 0 Å². The Bertz CT molecular complexity index is 407. The average Bonchev–Trinajstić information content (AvgIpc) is 2.27. The van der Waals surface area contributed by atoms with E-state index in [1.54, 1.807) is 31.2 Å². The Balaban J connectivity index is 2.23. The van der Waals surface area contributed by atoms with Crippen LogP contribution in [-0.4, -0.2) is 29.8 Å². The number of rotatable bonds is 7. The summed E-state index contributed by atoms with van der Waals surface area (Å²) < 4.78 is 5.43. The molecule has 106 valence electrons. The molecule has 1 rings (SSSR count). The van der Waals surface area contributed by atoms with Gasteiger partial charge in [-0.25, -0.2) is 0 Å². The minimum Gasteiger partial charge on any atom is -0.493 e. The van der Waals surface area contributed by atoms with Gasteiger partial charge >= 0.3 is 0 Å². The molecule has 0 aliphatic carbocycles. The number of amides is 1. The Kier molecular flexibility index (Phi) is 6.15. The molecule has 1 amide bonds. The maximum absolute atomic E-state index is 11.6. The topological polar surface area (TPSA) is 84.6 Å². The highest BCUT2D eigenvalue weighted by Gasteiger charge is 2.09. The molecule has 0 fully saturated rings. The van der Waals surface area contributed by atoms with E-state index in [2.05, 4.69) is 5.32 Å². The molecule has 5 nitrogen and oxygen atoms in total. The summed E-state index contributed by atoms with van der Waals surface area (Å²) in [7, 11) is 0. The van der Waals surface area contributed by atoms with E-state index in [4.69, 9.17) is 10.5 Å². The van der Waals surface area contributed by atoms with Crippen LogP contribution < -0.4 is 15.8 Å². The van der Waals surface area contributed by atoms with Crippen LogP contribution in [0.5, 0.6) is 5.75 Å². The van der Waals surface area contributed by atoms with Gasteiger partial charge in [-0.1, -0.05) is 6.07 Å². The van der Waals surface area contributed by atoms with Crippen LogP contribution in [0, 0.1) is 0 Å². The van der Waals surface area contributed by atoms with Gasteiger partial charge in [-0.05, 0) is 32.4 Å². The highest BCUT2D eigenvalue weighted by Crippen LogP contribution is 2.14. The summed E-state index contributed by atoms with van der Waals surface area (Å²) in [4.78, 5) is 11.6. The van der Waals surface area contributed by atoms with Crippen molar-refractivity contribution >= 4 is 11.6 Å². The first kappa shape index (κ1) is 15.3. The number of nitrogen functional groups attached to an aromatic ring is 1. The van der Waals surface area contributed by atoms with Crippen LogP contribution in [0.15, 0.2) is 24.3 Å². The molecule has 4 N–H and O–H groups in total. The first-order valence-corrected chi connectivity index (χ1v) is 6.43. The molecule has 0 aliphatic rings. The number of aliphatic hydroxyl groups is 1. The number of carbonyl (C=O) groups excluding carboxylic acids is 1. The molecule has 1 aromatic carbocycles. The summed E-state index contributed by atoms with van der Waals surface area (Å²) in [5, 5.41) is 12.0. The third kappa shape index (κ3) is 6.67. The second kappa shape index (κ2) is 7.63. The fourth-order valence-electron chi connectivity index (χ4n) is 1.78. The first-order valence-electron chi connectivity index (χ1n) is 6.43. The fraction of sp³-hybridized carbons (Fsp3) is 0.500. The molecule has 0 spiro atoms. The molecule has 2 unspecified atom stereocenters. The van der Waals surface area contributed by atoms with Crippen molar-refractivity contribution in [3.8, 4) is 5.75 Å². The smallest absolute Gasteiger partial charge is 0.223 e. The minimum absolute atomic E-state index is 0.0418. The number of nitrogens with two attached hydrogens (primary N) is 1. The molecule has 19 heavy (non-hydrogen) atoms. The standard InChI is InChI=1S/C14H22N2O3/c1-10(8-11(2)17)16-14(18)6-7-19-13-5-3-4-12(15)9-13/h3-5,9-11,17H,6-8,15H2,1-2H3,(H,16,18). The fourth-order valence-corrected chi connectivity index (χ4v) is 1.78. The largest absolute Gasteiger partial charge is 0.493 e. The Morgan fingerprint density at radius 3 is 2.84 bits per heavy atom. The van der Waals surface area contributed by atoms with Crippen LogP contribution in [0.2, 0.25) is 0 Å². The molecule has 0 radical (unpaired) electrons. The van der Waals surface area contributed by atoms with Crippen molar-refractivity contribution < 1.29 is 14.6 Å². The summed E-state index contributed by atoms with van der Waals surface area (Å²) in [5.41, 5.74) is 6.25. The van der Waals surface area contributed by atoms with Crippen molar-refractivity contribution in [3.05, 3.63) is 24.3 Å². The van der Waals surface area contributed by atoms with Crippen LogP contribution in [0.3, 0.4) is 0 Å². The van der Waals surface area contributed by atoms with Crippen molar-refractivity contribution in [1.29, 1.82) is 0 Å². The maximum Gasteiger partial charge on any atom is 0.223 e. The van der Waals surface area contributed by atoms with Gasteiger partial charge in [-0.2, -0.15) is 0 Å². The number of benzene rings is 1. The Morgan fingerprint density at radius 2 is 2.21 bits per heavy atom. The molecular weight excluding hydrogens is 244 g/mol. The molecule has 0 bridgehead atoms. The van der Waals surface area contributed by atoms with Crippen molar-refractivity contribution in [1.82, 2.24) is 5.32 Å². The lowest BCUT2D eigenvalue weighted by molar-refractivity contribution is -0.122. The molecule has 0 aliphatic heterocycles.